The summed E-state index contributed by atoms with van der Waals surface area (Å²) in [6.07, 6.45) is 3.02. The first-order chi connectivity index (χ1) is 19.6. The van der Waals surface area contributed by atoms with Crippen LogP contribution >= 0.6 is 0 Å². The quantitative estimate of drug-likeness (QED) is 0.260. The molecule has 5 rings (SSSR count). The number of likely N-dealkylation sites (tertiary alicyclic amines) is 1. The number of hydrogen-bond acceptors (Lipinski definition) is 9. The van der Waals surface area contributed by atoms with E-state index >= 15 is 0 Å². The van der Waals surface area contributed by atoms with Gasteiger partial charge in [0.1, 0.15) is 18.0 Å². The Morgan fingerprint density at radius 2 is 1.63 bits per heavy atom. The minimum absolute atomic E-state index is 0.516. The van der Waals surface area contributed by atoms with Crippen LogP contribution in [0.25, 0.3) is 11.0 Å². The second kappa shape index (κ2) is 12.2. The van der Waals surface area contributed by atoms with E-state index in [4.69, 9.17) is 19.8 Å². The van der Waals surface area contributed by atoms with E-state index in [2.05, 4.69) is 86.2 Å². The fourth-order valence-electron chi connectivity index (χ4n) is 5.22. The van der Waals surface area contributed by atoms with Crippen molar-refractivity contribution in [2.75, 3.05) is 78.2 Å². The van der Waals surface area contributed by atoms with Gasteiger partial charge in [0.25, 0.3) is 5.88 Å². The zero-order valence-electron chi connectivity index (χ0n) is 25.8. The lowest BCUT2D eigenvalue weighted by atomic mass is 10.2. The van der Waals surface area contributed by atoms with Crippen LogP contribution in [-0.4, -0.2) is 108 Å². The summed E-state index contributed by atoms with van der Waals surface area (Å²) in [5.41, 5.74) is 11.5. The highest BCUT2D eigenvalue weighted by Crippen LogP contribution is 2.33. The second-order valence-electron chi connectivity index (χ2n) is 11.6. The van der Waals surface area contributed by atoms with E-state index in [-0.39, 0.29) is 0 Å². The lowest BCUT2D eigenvalue weighted by Gasteiger charge is -2.26. The highest BCUT2D eigenvalue weighted by molar-refractivity contribution is 5.81. The molecule has 0 spiro atoms. The fraction of sp³-hybridized carbons (Fsp3) is 0.533. The predicted molar refractivity (Wildman–Crippen MR) is 164 cm³/mol. The third-order valence-corrected chi connectivity index (χ3v) is 8.25. The van der Waals surface area contributed by atoms with Crippen LogP contribution in [0.15, 0.2) is 30.5 Å². The van der Waals surface area contributed by atoms with Crippen LogP contribution in [0.3, 0.4) is 0 Å². The van der Waals surface area contributed by atoms with Gasteiger partial charge in [-0.25, -0.2) is 9.03 Å². The van der Waals surface area contributed by atoms with Crippen molar-refractivity contribution < 1.29 is 9.57 Å². The average molecular weight is 564 g/mol. The number of fused-ring (bicyclic) bond motifs is 2. The molecule has 11 heteroatoms. The number of likely N-dealkylation sites (N-methyl/N-ethyl adjacent to an activating group) is 2. The molecule has 1 unspecified atom stereocenters. The summed E-state index contributed by atoms with van der Waals surface area (Å²) in [5.74, 6) is 0.533. The molecule has 222 valence electrons. The Morgan fingerprint density at radius 3 is 2.32 bits per heavy atom. The number of rotatable bonds is 12. The van der Waals surface area contributed by atoms with E-state index in [1.807, 2.05) is 29.3 Å². The molecule has 0 aliphatic carbocycles. The molecule has 0 amide bonds. The van der Waals surface area contributed by atoms with Crippen molar-refractivity contribution in [1.82, 2.24) is 33.9 Å². The van der Waals surface area contributed by atoms with Gasteiger partial charge in [-0.3, -0.25) is 15.2 Å². The molecule has 1 fully saturated rings. The molecule has 41 heavy (non-hydrogen) atoms. The van der Waals surface area contributed by atoms with Crippen LogP contribution in [0.1, 0.15) is 28.9 Å². The van der Waals surface area contributed by atoms with Crippen molar-refractivity contribution in [3.63, 3.8) is 0 Å². The topological polar surface area (TPSA) is 78.1 Å². The molecular weight excluding hydrogens is 518 g/mol. The molecule has 11 nitrogen and oxygen atoms in total. The third kappa shape index (κ3) is 6.13. The van der Waals surface area contributed by atoms with Crippen LogP contribution < -0.4 is 15.3 Å². The van der Waals surface area contributed by atoms with Crippen LogP contribution in [-0.2, 0) is 4.84 Å². The van der Waals surface area contributed by atoms with Gasteiger partial charge in [0.05, 0.1) is 23.8 Å². The first-order valence-electron chi connectivity index (χ1n) is 14.4. The van der Waals surface area contributed by atoms with Gasteiger partial charge in [0.15, 0.2) is 0 Å². The summed E-state index contributed by atoms with van der Waals surface area (Å²) in [6, 6.07) is 8.98. The number of aromatic nitrogens is 4. The van der Waals surface area contributed by atoms with Crippen molar-refractivity contribution in [3.05, 3.63) is 53.0 Å². The Bertz CT molecular complexity index is 1490. The Labute approximate surface area is 243 Å². The molecule has 0 saturated carbocycles. The molecule has 1 saturated heterocycles. The van der Waals surface area contributed by atoms with Gasteiger partial charge in [-0.15, -0.1) is 5.10 Å². The van der Waals surface area contributed by atoms with Crippen molar-refractivity contribution >= 4 is 22.4 Å². The normalized spacial score (nSPS) is 16.1. The van der Waals surface area contributed by atoms with Gasteiger partial charge in [-0.1, -0.05) is 12.1 Å². The fourth-order valence-corrected chi connectivity index (χ4v) is 5.22. The molecule has 4 aromatic heterocycles. The maximum atomic E-state index is 6.51. The number of nitrogens with one attached hydrogen (secondary N) is 1. The zero-order valence-corrected chi connectivity index (χ0v) is 25.8. The van der Waals surface area contributed by atoms with Gasteiger partial charge >= 0.3 is 0 Å². The van der Waals surface area contributed by atoms with Crippen molar-refractivity contribution in [1.29, 1.82) is 0 Å². The van der Waals surface area contributed by atoms with Crippen molar-refractivity contribution in [2.45, 2.75) is 40.2 Å². The van der Waals surface area contributed by atoms with Crippen molar-refractivity contribution in [3.8, 4) is 5.88 Å². The number of nitrogens with zero attached hydrogens (tertiary/aromatic N) is 8. The monoisotopic (exact) mass is 563 g/mol. The van der Waals surface area contributed by atoms with Gasteiger partial charge < -0.3 is 14.5 Å². The first-order valence-corrected chi connectivity index (χ1v) is 14.4. The SMILES string of the molecule is Cc1ccc2c(N(Nc3c(OCCN(C)C)nn4c(C)c(C)ccc34)OCCN3CCC(N(C)C)C3)cnn2c1C. The summed E-state index contributed by atoms with van der Waals surface area (Å²) in [6.45, 7) is 13.1. The van der Waals surface area contributed by atoms with E-state index in [9.17, 15) is 0 Å². The Hall–Kier alpha value is -3.38. The summed E-state index contributed by atoms with van der Waals surface area (Å²) in [4.78, 5) is 13.4. The van der Waals surface area contributed by atoms with Crippen LogP contribution in [0.4, 0.5) is 11.4 Å². The molecule has 1 atom stereocenters. The maximum absolute atomic E-state index is 6.51. The summed E-state index contributed by atoms with van der Waals surface area (Å²) in [7, 11) is 8.38. The van der Waals surface area contributed by atoms with Crippen molar-refractivity contribution in [2.24, 2.45) is 0 Å². The third-order valence-electron chi connectivity index (χ3n) is 8.25. The number of anilines is 2. The van der Waals surface area contributed by atoms with Gasteiger partial charge in [-0.2, -0.15) is 10.3 Å². The largest absolute Gasteiger partial charge is 0.474 e. The minimum Gasteiger partial charge on any atom is -0.474 e. The summed E-state index contributed by atoms with van der Waals surface area (Å²) < 4.78 is 10.1. The molecule has 0 bridgehead atoms. The standard InChI is InChI=1S/C30H45N9O2/c1-21-9-11-26-28(19-31-37(26)23(21)3)39(41-18-16-36-14-13-25(20-36)35(7)8)32-29-27-12-10-22(2)24(4)38(27)33-30(29)40-17-15-34(5)6/h9-12,19,25,32H,13-18,20H2,1-8H3. The van der Waals surface area contributed by atoms with Gasteiger partial charge in [0, 0.05) is 37.1 Å². The minimum atomic E-state index is 0.516. The van der Waals surface area contributed by atoms with E-state index in [1.54, 1.807) is 5.17 Å². The van der Waals surface area contributed by atoms with Gasteiger partial charge in [-0.05, 0) is 92.1 Å². The van der Waals surface area contributed by atoms with E-state index < -0.39 is 0 Å². The Balaban J connectivity index is 1.47. The smallest absolute Gasteiger partial charge is 0.259 e. The molecule has 4 aromatic rings. The number of hydrazine groups is 1. The number of ether oxygens (including phenoxy) is 1. The Morgan fingerprint density at radius 1 is 0.927 bits per heavy atom. The zero-order chi connectivity index (χ0) is 29.3. The predicted octanol–water partition coefficient (Wildman–Crippen LogP) is 3.56. The van der Waals surface area contributed by atoms with E-state index in [0.717, 1.165) is 65.5 Å². The number of aryl methyl sites for hydroxylation is 4. The lowest BCUT2D eigenvalue weighted by Crippen LogP contribution is -2.36. The van der Waals surface area contributed by atoms with Crippen LogP contribution in [0.2, 0.25) is 0 Å². The average Bonchev–Trinajstić information content (AvgIpc) is 3.66. The van der Waals surface area contributed by atoms with Gasteiger partial charge in [0.2, 0.25) is 0 Å². The maximum Gasteiger partial charge on any atom is 0.259 e. The summed E-state index contributed by atoms with van der Waals surface area (Å²) >= 11 is 0. The van der Waals surface area contributed by atoms with Crippen LogP contribution in [0, 0.1) is 27.7 Å². The van der Waals surface area contributed by atoms with Crippen LogP contribution in [0.5, 0.6) is 5.88 Å². The molecular formula is C30H45N9O2. The molecule has 5 heterocycles. The number of hydrogen-bond donors (Lipinski definition) is 1. The van der Waals surface area contributed by atoms with E-state index in [1.165, 1.54) is 12.0 Å². The lowest BCUT2D eigenvalue weighted by molar-refractivity contribution is 0.0981. The molecule has 0 radical (unpaired) electrons. The second-order valence-corrected chi connectivity index (χ2v) is 11.6. The highest BCUT2D eigenvalue weighted by Gasteiger charge is 2.25. The number of pyridine rings is 2. The molecule has 0 aromatic carbocycles. The highest BCUT2D eigenvalue weighted by atomic mass is 16.7. The first kappa shape index (κ1) is 29.1. The molecule has 1 aliphatic heterocycles. The molecule has 1 N–H and O–H groups in total. The molecule has 1 aliphatic rings. The summed E-state index contributed by atoms with van der Waals surface area (Å²) in [5, 5.41) is 11.3. The van der Waals surface area contributed by atoms with E-state index in [0.29, 0.717) is 25.1 Å². The Kier molecular flexibility index (Phi) is 8.69.